The second kappa shape index (κ2) is 4.65. The van der Waals surface area contributed by atoms with Crippen molar-refractivity contribution in [1.82, 2.24) is 4.98 Å². The number of hydrogen-bond acceptors (Lipinski definition) is 2. The van der Waals surface area contributed by atoms with E-state index in [1.165, 1.54) is 24.8 Å². The van der Waals surface area contributed by atoms with Gasteiger partial charge in [-0.3, -0.25) is 0 Å². The summed E-state index contributed by atoms with van der Waals surface area (Å²) in [6, 6.07) is 2.16. The molecule has 1 aromatic heterocycles. The SMILES string of the molecule is [CH2]CCc1cnc(OC2CCC2)c(C)c1. The Morgan fingerprint density at radius 2 is 2.33 bits per heavy atom. The first-order valence-electron chi connectivity index (χ1n) is 5.71. The molecule has 0 N–H and O–H groups in total. The summed E-state index contributed by atoms with van der Waals surface area (Å²) in [6.45, 7) is 5.91. The minimum atomic E-state index is 0.412. The van der Waals surface area contributed by atoms with Crippen LogP contribution in [0.4, 0.5) is 0 Å². The molecule has 1 fully saturated rings. The van der Waals surface area contributed by atoms with E-state index in [0.29, 0.717) is 6.10 Å². The molecule has 1 aliphatic rings. The number of hydrogen-bond donors (Lipinski definition) is 0. The monoisotopic (exact) mass is 204 g/mol. The summed E-state index contributed by atoms with van der Waals surface area (Å²) in [5, 5.41) is 0. The molecule has 0 unspecified atom stereocenters. The van der Waals surface area contributed by atoms with Crippen LogP contribution in [0.25, 0.3) is 0 Å². The Morgan fingerprint density at radius 3 is 2.87 bits per heavy atom. The number of aryl methyl sites for hydroxylation is 2. The number of aromatic nitrogens is 1. The molecule has 0 bridgehead atoms. The van der Waals surface area contributed by atoms with E-state index in [2.05, 4.69) is 24.9 Å². The Kier molecular flexibility index (Phi) is 3.24. The summed E-state index contributed by atoms with van der Waals surface area (Å²) < 4.78 is 5.79. The maximum absolute atomic E-state index is 5.79. The highest BCUT2D eigenvalue weighted by Crippen LogP contribution is 2.26. The molecule has 0 amide bonds. The molecule has 0 spiro atoms. The lowest BCUT2D eigenvalue weighted by Gasteiger charge is -2.26. The predicted molar refractivity (Wildman–Crippen MR) is 60.9 cm³/mol. The van der Waals surface area contributed by atoms with Gasteiger partial charge in [-0.25, -0.2) is 4.98 Å². The lowest BCUT2D eigenvalue weighted by atomic mass is 9.96. The average Bonchev–Trinajstić information content (AvgIpc) is 2.14. The molecular weight excluding hydrogens is 186 g/mol. The van der Waals surface area contributed by atoms with Crippen LogP contribution in [0, 0.1) is 13.8 Å². The van der Waals surface area contributed by atoms with Gasteiger partial charge < -0.3 is 4.74 Å². The zero-order chi connectivity index (χ0) is 10.7. The van der Waals surface area contributed by atoms with Gasteiger partial charge in [0.2, 0.25) is 5.88 Å². The van der Waals surface area contributed by atoms with Crippen molar-refractivity contribution in [2.75, 3.05) is 0 Å². The molecule has 1 aliphatic carbocycles. The first-order chi connectivity index (χ1) is 7.29. The summed E-state index contributed by atoms with van der Waals surface area (Å²) in [4.78, 5) is 4.37. The van der Waals surface area contributed by atoms with Crippen LogP contribution < -0.4 is 4.74 Å². The standard InChI is InChI=1S/C13H18NO/c1-3-5-11-8-10(2)13(14-9-11)15-12-6-4-7-12/h8-9,12H,1,3-7H2,2H3. The summed E-state index contributed by atoms with van der Waals surface area (Å²) in [6.07, 6.45) is 7.90. The van der Waals surface area contributed by atoms with Gasteiger partial charge in [0.15, 0.2) is 0 Å². The van der Waals surface area contributed by atoms with E-state index in [1.54, 1.807) is 0 Å². The maximum Gasteiger partial charge on any atom is 0.216 e. The van der Waals surface area contributed by atoms with Crippen molar-refractivity contribution < 1.29 is 4.74 Å². The van der Waals surface area contributed by atoms with Crippen LogP contribution in [-0.4, -0.2) is 11.1 Å². The normalized spacial score (nSPS) is 16.1. The number of nitrogens with zero attached hydrogens (tertiary/aromatic N) is 1. The van der Waals surface area contributed by atoms with E-state index in [0.717, 1.165) is 24.3 Å². The molecule has 1 saturated carbocycles. The molecule has 2 heteroatoms. The van der Waals surface area contributed by atoms with E-state index in [1.807, 2.05) is 6.20 Å². The van der Waals surface area contributed by atoms with Gasteiger partial charge in [0.25, 0.3) is 0 Å². The summed E-state index contributed by atoms with van der Waals surface area (Å²) >= 11 is 0. The third-order valence-electron chi connectivity index (χ3n) is 2.88. The molecule has 0 aromatic carbocycles. The Balaban J connectivity index is 2.04. The van der Waals surface area contributed by atoms with Crippen molar-refractivity contribution in [3.63, 3.8) is 0 Å². The lowest BCUT2D eigenvalue weighted by Crippen LogP contribution is -2.25. The van der Waals surface area contributed by atoms with Crippen LogP contribution in [0.1, 0.15) is 36.8 Å². The van der Waals surface area contributed by atoms with Gasteiger partial charge in [-0.05, 0) is 50.7 Å². The molecule has 1 heterocycles. The van der Waals surface area contributed by atoms with Gasteiger partial charge in [0.1, 0.15) is 6.10 Å². The van der Waals surface area contributed by atoms with Gasteiger partial charge in [-0.2, -0.15) is 0 Å². The molecule has 1 aromatic rings. The highest BCUT2D eigenvalue weighted by atomic mass is 16.5. The summed E-state index contributed by atoms with van der Waals surface area (Å²) in [5.74, 6) is 0.813. The van der Waals surface area contributed by atoms with Gasteiger partial charge in [0, 0.05) is 11.8 Å². The fraction of sp³-hybridized carbons (Fsp3) is 0.538. The van der Waals surface area contributed by atoms with Crippen LogP contribution in [-0.2, 0) is 6.42 Å². The molecule has 0 saturated heterocycles. The second-order valence-corrected chi connectivity index (χ2v) is 4.24. The molecule has 2 rings (SSSR count). The second-order valence-electron chi connectivity index (χ2n) is 4.24. The summed E-state index contributed by atoms with van der Waals surface area (Å²) in [7, 11) is 0. The molecule has 0 aliphatic heterocycles. The zero-order valence-electron chi connectivity index (χ0n) is 9.33. The molecular formula is C13H18NO. The van der Waals surface area contributed by atoms with E-state index >= 15 is 0 Å². The van der Waals surface area contributed by atoms with Crippen molar-refractivity contribution in [2.45, 2.75) is 45.1 Å². The lowest BCUT2D eigenvalue weighted by molar-refractivity contribution is 0.113. The van der Waals surface area contributed by atoms with Crippen molar-refractivity contribution in [3.05, 3.63) is 30.3 Å². The fourth-order valence-corrected chi connectivity index (χ4v) is 1.73. The average molecular weight is 204 g/mol. The number of ether oxygens (including phenoxy) is 1. The minimum absolute atomic E-state index is 0.412. The third-order valence-corrected chi connectivity index (χ3v) is 2.88. The van der Waals surface area contributed by atoms with Crippen molar-refractivity contribution in [1.29, 1.82) is 0 Å². The molecule has 81 valence electrons. The van der Waals surface area contributed by atoms with Crippen LogP contribution in [0.2, 0.25) is 0 Å². The Labute approximate surface area is 91.7 Å². The number of rotatable bonds is 4. The minimum Gasteiger partial charge on any atom is -0.474 e. The van der Waals surface area contributed by atoms with E-state index in [9.17, 15) is 0 Å². The Morgan fingerprint density at radius 1 is 1.53 bits per heavy atom. The quantitative estimate of drug-likeness (QED) is 0.752. The zero-order valence-corrected chi connectivity index (χ0v) is 9.33. The van der Waals surface area contributed by atoms with Gasteiger partial charge >= 0.3 is 0 Å². The van der Waals surface area contributed by atoms with Crippen LogP contribution >= 0.6 is 0 Å². The maximum atomic E-state index is 5.79. The first-order valence-corrected chi connectivity index (χ1v) is 5.71. The van der Waals surface area contributed by atoms with Crippen LogP contribution in [0.15, 0.2) is 12.3 Å². The van der Waals surface area contributed by atoms with E-state index < -0.39 is 0 Å². The van der Waals surface area contributed by atoms with Crippen molar-refractivity contribution in [2.24, 2.45) is 0 Å². The van der Waals surface area contributed by atoms with Gasteiger partial charge in [-0.15, -0.1) is 0 Å². The molecule has 15 heavy (non-hydrogen) atoms. The largest absolute Gasteiger partial charge is 0.474 e. The number of pyridine rings is 1. The van der Waals surface area contributed by atoms with Gasteiger partial charge in [-0.1, -0.05) is 6.92 Å². The highest BCUT2D eigenvalue weighted by molar-refractivity contribution is 5.29. The Bertz CT molecular complexity index is 331. The molecule has 1 radical (unpaired) electrons. The van der Waals surface area contributed by atoms with E-state index in [-0.39, 0.29) is 0 Å². The van der Waals surface area contributed by atoms with Crippen LogP contribution in [0.5, 0.6) is 5.88 Å². The van der Waals surface area contributed by atoms with Crippen molar-refractivity contribution >= 4 is 0 Å². The fourth-order valence-electron chi connectivity index (χ4n) is 1.73. The molecule has 0 atom stereocenters. The smallest absolute Gasteiger partial charge is 0.216 e. The molecule has 2 nitrogen and oxygen atoms in total. The third kappa shape index (κ3) is 2.49. The van der Waals surface area contributed by atoms with Crippen LogP contribution in [0.3, 0.4) is 0 Å². The first kappa shape index (κ1) is 10.5. The van der Waals surface area contributed by atoms with E-state index in [4.69, 9.17) is 4.74 Å². The predicted octanol–water partition coefficient (Wildman–Crippen LogP) is 3.09. The topological polar surface area (TPSA) is 22.1 Å². The Hall–Kier alpha value is -1.05. The summed E-state index contributed by atoms with van der Waals surface area (Å²) in [5.41, 5.74) is 2.40. The van der Waals surface area contributed by atoms with Gasteiger partial charge in [0.05, 0.1) is 0 Å². The highest BCUT2D eigenvalue weighted by Gasteiger charge is 2.20. The van der Waals surface area contributed by atoms with Crippen molar-refractivity contribution in [3.8, 4) is 5.88 Å².